The Morgan fingerprint density at radius 2 is 1.92 bits per heavy atom. The van der Waals surface area contributed by atoms with E-state index in [9.17, 15) is 9.59 Å². The molecule has 0 fully saturated rings. The molecule has 0 heterocycles. The van der Waals surface area contributed by atoms with Gasteiger partial charge in [-0.25, -0.2) is 4.79 Å². The highest BCUT2D eigenvalue weighted by Gasteiger charge is 2.27. The minimum Gasteiger partial charge on any atom is -0.340 e. The Morgan fingerprint density at radius 3 is 2.25 bits per heavy atom. The maximum atomic E-state index is 11.2. The Hall–Kier alpha value is -1.06. The van der Waals surface area contributed by atoms with Gasteiger partial charge in [0.2, 0.25) is 5.91 Å². The smallest absolute Gasteiger partial charge is 0.337 e. The zero-order chi connectivity index (χ0) is 9.78. The van der Waals surface area contributed by atoms with E-state index < -0.39 is 11.4 Å². The lowest BCUT2D eigenvalue weighted by Gasteiger charge is -2.19. The fourth-order valence-corrected chi connectivity index (χ4v) is 0.401. The van der Waals surface area contributed by atoms with Crippen LogP contribution in [0.25, 0.3) is 0 Å². The summed E-state index contributed by atoms with van der Waals surface area (Å²) in [7, 11) is 0. The normalized spacial score (nSPS) is 10.7. The molecule has 0 aliphatic rings. The fourth-order valence-electron chi connectivity index (χ4n) is 0.401. The number of rotatable bonds is 2. The van der Waals surface area contributed by atoms with E-state index in [2.05, 4.69) is 4.84 Å². The number of carbonyl (C=O) groups is 2. The molecule has 4 heteroatoms. The molecule has 0 spiro atoms. The lowest BCUT2D eigenvalue weighted by atomic mass is 9.91. The van der Waals surface area contributed by atoms with Gasteiger partial charge < -0.3 is 4.84 Å². The summed E-state index contributed by atoms with van der Waals surface area (Å²) in [6.07, 6.45) is 0.672. The van der Waals surface area contributed by atoms with Gasteiger partial charge in [0.05, 0.1) is 5.41 Å². The maximum absolute atomic E-state index is 11.2. The molecule has 0 bridgehead atoms. The second-order valence-corrected chi connectivity index (χ2v) is 3.29. The standard InChI is InChI=1S/C8H15NO3/c1-5-8(3,4)7(11)12-9-6(2)10/h5H2,1-4H3,(H,9,10). The van der Waals surface area contributed by atoms with Gasteiger partial charge in [0.1, 0.15) is 0 Å². The van der Waals surface area contributed by atoms with Crippen molar-refractivity contribution in [2.24, 2.45) is 5.41 Å². The van der Waals surface area contributed by atoms with E-state index in [1.165, 1.54) is 6.92 Å². The first-order valence-corrected chi connectivity index (χ1v) is 3.88. The Bertz CT molecular complexity index is 187. The monoisotopic (exact) mass is 173 g/mol. The Balaban J connectivity index is 3.96. The van der Waals surface area contributed by atoms with Gasteiger partial charge in [0.25, 0.3) is 0 Å². The summed E-state index contributed by atoms with van der Waals surface area (Å²) in [4.78, 5) is 26.1. The minimum atomic E-state index is -0.539. The second-order valence-electron chi connectivity index (χ2n) is 3.29. The highest BCUT2D eigenvalue weighted by molar-refractivity contribution is 5.78. The quantitative estimate of drug-likeness (QED) is 0.634. The summed E-state index contributed by atoms with van der Waals surface area (Å²) >= 11 is 0. The lowest BCUT2D eigenvalue weighted by Crippen LogP contribution is -2.33. The van der Waals surface area contributed by atoms with Gasteiger partial charge >= 0.3 is 5.97 Å². The minimum absolute atomic E-state index is 0.379. The molecule has 1 N–H and O–H groups in total. The van der Waals surface area contributed by atoms with Gasteiger partial charge in [-0.2, -0.15) is 5.48 Å². The van der Waals surface area contributed by atoms with Crippen LogP contribution in [0.4, 0.5) is 0 Å². The molecule has 0 aromatic rings. The van der Waals surface area contributed by atoms with E-state index in [1.807, 2.05) is 12.4 Å². The van der Waals surface area contributed by atoms with Crippen LogP contribution in [0.2, 0.25) is 0 Å². The average Bonchev–Trinajstić information content (AvgIpc) is 2.00. The van der Waals surface area contributed by atoms with Crippen LogP contribution < -0.4 is 5.48 Å². The molecule has 0 radical (unpaired) electrons. The first-order valence-electron chi connectivity index (χ1n) is 3.88. The van der Waals surface area contributed by atoms with Gasteiger partial charge in [-0.05, 0) is 20.3 Å². The second kappa shape index (κ2) is 4.09. The largest absolute Gasteiger partial charge is 0.340 e. The van der Waals surface area contributed by atoms with E-state index in [0.717, 1.165) is 0 Å². The molecule has 0 aromatic carbocycles. The highest BCUT2D eigenvalue weighted by Crippen LogP contribution is 2.20. The Labute approximate surface area is 72.2 Å². The van der Waals surface area contributed by atoms with Crippen LogP contribution in [0, 0.1) is 5.41 Å². The van der Waals surface area contributed by atoms with Crippen LogP contribution in [-0.4, -0.2) is 11.9 Å². The Kier molecular flexibility index (Phi) is 3.73. The predicted octanol–water partition coefficient (Wildman–Crippen LogP) is 1.02. The first kappa shape index (κ1) is 10.9. The van der Waals surface area contributed by atoms with E-state index >= 15 is 0 Å². The summed E-state index contributed by atoms with van der Waals surface area (Å²) in [6, 6.07) is 0. The van der Waals surface area contributed by atoms with Gasteiger partial charge in [0, 0.05) is 6.92 Å². The highest BCUT2D eigenvalue weighted by atomic mass is 16.7. The SMILES string of the molecule is CCC(C)(C)C(=O)ONC(C)=O. The summed E-state index contributed by atoms with van der Waals surface area (Å²) in [5, 5.41) is 0. The van der Waals surface area contributed by atoms with Gasteiger partial charge in [-0.15, -0.1) is 0 Å². The van der Waals surface area contributed by atoms with E-state index in [0.29, 0.717) is 6.42 Å². The van der Waals surface area contributed by atoms with Crippen molar-refractivity contribution in [2.75, 3.05) is 0 Å². The topological polar surface area (TPSA) is 55.4 Å². The molecule has 4 nitrogen and oxygen atoms in total. The van der Waals surface area contributed by atoms with Crippen molar-refractivity contribution in [3.05, 3.63) is 0 Å². The summed E-state index contributed by atoms with van der Waals surface area (Å²) in [6.45, 7) is 6.69. The number of carbonyl (C=O) groups excluding carboxylic acids is 2. The van der Waals surface area contributed by atoms with Crippen molar-refractivity contribution >= 4 is 11.9 Å². The van der Waals surface area contributed by atoms with Gasteiger partial charge in [-0.1, -0.05) is 6.92 Å². The number of hydrogen-bond donors (Lipinski definition) is 1. The molecule has 0 atom stereocenters. The third kappa shape index (κ3) is 3.37. The molecule has 0 aliphatic heterocycles. The van der Waals surface area contributed by atoms with Crippen LogP contribution in [0.3, 0.4) is 0 Å². The molecule has 70 valence electrons. The molecule has 12 heavy (non-hydrogen) atoms. The first-order chi connectivity index (χ1) is 5.40. The predicted molar refractivity (Wildman–Crippen MR) is 44.0 cm³/mol. The zero-order valence-corrected chi connectivity index (χ0v) is 7.93. The average molecular weight is 173 g/mol. The zero-order valence-electron chi connectivity index (χ0n) is 7.93. The van der Waals surface area contributed by atoms with Crippen molar-refractivity contribution < 1.29 is 14.4 Å². The van der Waals surface area contributed by atoms with Crippen molar-refractivity contribution in [1.29, 1.82) is 0 Å². The molecule has 0 saturated carbocycles. The molecule has 0 unspecified atom stereocenters. The van der Waals surface area contributed by atoms with Crippen molar-refractivity contribution in [2.45, 2.75) is 34.1 Å². The van der Waals surface area contributed by atoms with E-state index in [-0.39, 0.29) is 5.91 Å². The fraction of sp³-hybridized carbons (Fsp3) is 0.750. The number of amides is 1. The molecule has 0 aliphatic carbocycles. The molecular weight excluding hydrogens is 158 g/mol. The van der Waals surface area contributed by atoms with Crippen molar-refractivity contribution in [1.82, 2.24) is 5.48 Å². The Morgan fingerprint density at radius 1 is 1.42 bits per heavy atom. The number of hydroxylamine groups is 1. The van der Waals surface area contributed by atoms with Crippen molar-refractivity contribution in [3.8, 4) is 0 Å². The molecule has 0 rings (SSSR count). The lowest BCUT2D eigenvalue weighted by molar-refractivity contribution is -0.166. The van der Waals surface area contributed by atoms with E-state index in [4.69, 9.17) is 0 Å². The molecular formula is C8H15NO3. The van der Waals surface area contributed by atoms with Crippen LogP contribution in [0.15, 0.2) is 0 Å². The van der Waals surface area contributed by atoms with Crippen LogP contribution in [-0.2, 0) is 14.4 Å². The van der Waals surface area contributed by atoms with Crippen LogP contribution in [0.1, 0.15) is 34.1 Å². The van der Waals surface area contributed by atoms with Crippen molar-refractivity contribution in [3.63, 3.8) is 0 Å². The number of nitrogens with one attached hydrogen (secondary N) is 1. The molecule has 1 amide bonds. The van der Waals surface area contributed by atoms with E-state index in [1.54, 1.807) is 13.8 Å². The molecule has 0 saturated heterocycles. The summed E-state index contributed by atoms with van der Waals surface area (Å²) in [5.74, 6) is -0.796. The van der Waals surface area contributed by atoms with Gasteiger partial charge in [-0.3, -0.25) is 4.79 Å². The third-order valence-corrected chi connectivity index (χ3v) is 1.72. The molecule has 0 aromatic heterocycles. The van der Waals surface area contributed by atoms with Crippen LogP contribution in [0.5, 0.6) is 0 Å². The number of hydrogen-bond acceptors (Lipinski definition) is 3. The van der Waals surface area contributed by atoms with Crippen LogP contribution >= 0.6 is 0 Å². The summed E-state index contributed by atoms with van der Waals surface area (Å²) in [5.41, 5.74) is 1.46. The van der Waals surface area contributed by atoms with Gasteiger partial charge in [0.15, 0.2) is 0 Å². The third-order valence-electron chi connectivity index (χ3n) is 1.72. The summed E-state index contributed by atoms with van der Waals surface area (Å²) < 4.78 is 0. The maximum Gasteiger partial charge on any atom is 0.337 e.